The Morgan fingerprint density at radius 1 is 1.21 bits per heavy atom. The van der Waals surface area contributed by atoms with Crippen LogP contribution in [-0.2, 0) is 28.0 Å². The molecule has 3 saturated heterocycles. The van der Waals surface area contributed by atoms with Crippen molar-refractivity contribution in [2.24, 2.45) is 18.4 Å². The zero-order valence-electron chi connectivity index (χ0n) is 15.9. The van der Waals surface area contributed by atoms with Gasteiger partial charge in [-0.1, -0.05) is 0 Å². The first-order chi connectivity index (χ1) is 13.0. The van der Waals surface area contributed by atoms with Crippen molar-refractivity contribution in [3.8, 4) is 0 Å². The fourth-order valence-corrected chi connectivity index (χ4v) is 6.42. The van der Waals surface area contributed by atoms with Gasteiger partial charge in [-0.15, -0.1) is 0 Å². The van der Waals surface area contributed by atoms with Gasteiger partial charge in [0.15, 0.2) is 10.7 Å². The summed E-state index contributed by atoms with van der Waals surface area (Å²) in [5, 5.41) is 2.90. The van der Waals surface area contributed by atoms with E-state index in [1.54, 1.807) is 0 Å². The van der Waals surface area contributed by atoms with E-state index in [0.717, 1.165) is 43.8 Å². The van der Waals surface area contributed by atoms with Crippen LogP contribution in [0.5, 0.6) is 0 Å². The molecule has 0 radical (unpaired) electrons. The predicted molar refractivity (Wildman–Crippen MR) is 94.0 cm³/mol. The van der Waals surface area contributed by atoms with Crippen molar-refractivity contribution in [1.82, 2.24) is 19.0 Å². The number of ether oxygens (including phenoxy) is 1. The van der Waals surface area contributed by atoms with Crippen LogP contribution in [0.25, 0.3) is 0 Å². The van der Waals surface area contributed by atoms with E-state index in [-0.39, 0.29) is 5.41 Å². The molecule has 4 heterocycles. The molecule has 4 rings (SSSR count). The summed E-state index contributed by atoms with van der Waals surface area (Å²) in [6, 6.07) is 1.05. The standard InChI is InChI=1S/C17H25F3N4O3S/c1-12(13-3-5-27-6-4-13)23-8-16(9-23)10-24(11-16)28(25,26)15-7-14(17(18,19)20)21-22(15)2/h7,12-13H,3-6,8-11H2,1-2H3. The molecular formula is C17H25F3N4O3S. The van der Waals surface area contributed by atoms with Gasteiger partial charge in [0, 0.05) is 64.0 Å². The number of hydrogen-bond acceptors (Lipinski definition) is 5. The van der Waals surface area contributed by atoms with Gasteiger partial charge >= 0.3 is 6.18 Å². The number of rotatable bonds is 4. The highest BCUT2D eigenvalue weighted by molar-refractivity contribution is 7.89. The van der Waals surface area contributed by atoms with E-state index in [4.69, 9.17) is 4.74 Å². The third-order valence-corrected chi connectivity index (χ3v) is 8.20. The van der Waals surface area contributed by atoms with Crippen molar-refractivity contribution in [3.05, 3.63) is 11.8 Å². The van der Waals surface area contributed by atoms with Gasteiger partial charge in [0.2, 0.25) is 0 Å². The fourth-order valence-electron chi connectivity index (χ4n) is 4.63. The Bertz CT molecular complexity index is 834. The van der Waals surface area contributed by atoms with Gasteiger partial charge in [0.1, 0.15) is 0 Å². The second kappa shape index (κ2) is 6.68. The Morgan fingerprint density at radius 2 is 1.82 bits per heavy atom. The predicted octanol–water partition coefficient (Wildman–Crippen LogP) is 1.56. The third-order valence-electron chi connectivity index (χ3n) is 6.36. The lowest BCUT2D eigenvalue weighted by Gasteiger charge is -2.61. The lowest BCUT2D eigenvalue weighted by molar-refractivity contribution is -0.141. The van der Waals surface area contributed by atoms with Crippen LogP contribution in [0.2, 0.25) is 0 Å². The van der Waals surface area contributed by atoms with Gasteiger partial charge in [-0.2, -0.15) is 22.6 Å². The molecule has 0 aromatic carbocycles. The fraction of sp³-hybridized carbons (Fsp3) is 0.824. The number of aryl methyl sites for hydroxylation is 1. The summed E-state index contributed by atoms with van der Waals surface area (Å²) >= 11 is 0. The molecule has 7 nitrogen and oxygen atoms in total. The smallest absolute Gasteiger partial charge is 0.381 e. The molecule has 3 fully saturated rings. The van der Waals surface area contributed by atoms with Crippen molar-refractivity contribution < 1.29 is 26.3 Å². The summed E-state index contributed by atoms with van der Waals surface area (Å²) in [6.07, 6.45) is -2.57. The molecule has 3 aliphatic rings. The second-order valence-corrected chi connectivity index (χ2v) is 10.2. The molecule has 28 heavy (non-hydrogen) atoms. The summed E-state index contributed by atoms with van der Waals surface area (Å²) in [7, 11) is -2.76. The van der Waals surface area contributed by atoms with Crippen molar-refractivity contribution in [3.63, 3.8) is 0 Å². The highest BCUT2D eigenvalue weighted by Crippen LogP contribution is 2.44. The summed E-state index contributed by atoms with van der Waals surface area (Å²) in [5.41, 5.74) is -1.26. The topological polar surface area (TPSA) is 67.7 Å². The highest BCUT2D eigenvalue weighted by Gasteiger charge is 2.56. The number of alkyl halides is 3. The summed E-state index contributed by atoms with van der Waals surface area (Å²) in [5.74, 6) is 0.598. The normalized spacial score (nSPS) is 25.5. The maximum Gasteiger partial charge on any atom is 0.435 e. The number of halogens is 3. The highest BCUT2D eigenvalue weighted by atomic mass is 32.2. The Kier molecular flexibility index (Phi) is 4.80. The molecular weight excluding hydrogens is 397 g/mol. The molecule has 0 saturated carbocycles. The van der Waals surface area contributed by atoms with Crippen LogP contribution in [0, 0.1) is 11.3 Å². The van der Waals surface area contributed by atoms with Gasteiger partial charge in [-0.05, 0) is 25.7 Å². The summed E-state index contributed by atoms with van der Waals surface area (Å²) < 4.78 is 71.4. The first kappa shape index (κ1) is 20.1. The minimum absolute atomic E-state index is 0.0715. The van der Waals surface area contributed by atoms with E-state index in [1.807, 2.05) is 0 Å². The average molecular weight is 422 g/mol. The molecule has 11 heteroatoms. The van der Waals surface area contributed by atoms with Crippen LogP contribution in [-0.4, -0.2) is 72.8 Å². The second-order valence-electron chi connectivity index (χ2n) is 8.36. The molecule has 1 spiro atoms. The molecule has 0 N–H and O–H groups in total. The van der Waals surface area contributed by atoms with Crippen LogP contribution in [0.3, 0.4) is 0 Å². The molecule has 1 aromatic rings. The van der Waals surface area contributed by atoms with Crippen LogP contribution in [0.4, 0.5) is 13.2 Å². The quantitative estimate of drug-likeness (QED) is 0.737. The molecule has 158 valence electrons. The minimum Gasteiger partial charge on any atom is -0.381 e. The van der Waals surface area contributed by atoms with Gasteiger partial charge in [-0.3, -0.25) is 9.58 Å². The van der Waals surface area contributed by atoms with E-state index < -0.39 is 26.9 Å². The molecule has 1 unspecified atom stereocenters. The maximum atomic E-state index is 12.8. The van der Waals surface area contributed by atoms with Crippen molar-refractivity contribution in [1.29, 1.82) is 0 Å². The van der Waals surface area contributed by atoms with E-state index in [1.165, 1.54) is 11.4 Å². The number of hydrogen-bond donors (Lipinski definition) is 0. The van der Waals surface area contributed by atoms with E-state index in [0.29, 0.717) is 31.1 Å². The van der Waals surface area contributed by atoms with Crippen LogP contribution in [0.1, 0.15) is 25.5 Å². The summed E-state index contributed by atoms with van der Waals surface area (Å²) in [4.78, 5) is 2.38. The number of likely N-dealkylation sites (tertiary alicyclic amines) is 1. The first-order valence-corrected chi connectivity index (χ1v) is 10.9. The van der Waals surface area contributed by atoms with E-state index in [9.17, 15) is 21.6 Å². The summed E-state index contributed by atoms with van der Waals surface area (Å²) in [6.45, 7) is 6.16. The minimum atomic E-state index is -4.67. The largest absolute Gasteiger partial charge is 0.435 e. The third kappa shape index (κ3) is 3.35. The number of sulfonamides is 1. The monoisotopic (exact) mass is 422 g/mol. The van der Waals surface area contributed by atoms with Crippen molar-refractivity contribution in [2.75, 3.05) is 39.4 Å². The zero-order chi connectivity index (χ0) is 20.3. The van der Waals surface area contributed by atoms with E-state index >= 15 is 0 Å². The molecule has 0 amide bonds. The average Bonchev–Trinajstić information content (AvgIpc) is 2.95. The SMILES string of the molecule is CC(C1CCOCC1)N1CC2(C1)CN(S(=O)(=O)c1cc(C(F)(F)F)nn1C)C2. The van der Waals surface area contributed by atoms with Crippen LogP contribution in [0.15, 0.2) is 11.1 Å². The lowest BCUT2D eigenvalue weighted by atomic mass is 9.72. The number of aromatic nitrogens is 2. The molecule has 0 bridgehead atoms. The van der Waals surface area contributed by atoms with Crippen molar-refractivity contribution >= 4 is 10.0 Å². The maximum absolute atomic E-state index is 12.8. The van der Waals surface area contributed by atoms with E-state index in [2.05, 4.69) is 16.9 Å². The van der Waals surface area contributed by atoms with Gasteiger partial charge < -0.3 is 4.74 Å². The van der Waals surface area contributed by atoms with Crippen molar-refractivity contribution in [2.45, 2.75) is 37.0 Å². The van der Waals surface area contributed by atoms with Gasteiger partial charge in [0.25, 0.3) is 10.0 Å². The Hall–Kier alpha value is -1.17. The Balaban J connectivity index is 1.37. The lowest BCUT2D eigenvalue weighted by Crippen LogP contribution is -2.74. The molecule has 1 aromatic heterocycles. The van der Waals surface area contributed by atoms with Crippen LogP contribution < -0.4 is 0 Å². The molecule has 3 aliphatic heterocycles. The van der Waals surface area contributed by atoms with Gasteiger partial charge in [0.05, 0.1) is 0 Å². The zero-order valence-corrected chi connectivity index (χ0v) is 16.8. The first-order valence-electron chi connectivity index (χ1n) is 9.45. The molecule has 1 atom stereocenters. The Morgan fingerprint density at radius 3 is 2.36 bits per heavy atom. The number of nitrogens with zero attached hydrogens (tertiary/aromatic N) is 4. The Labute approximate surface area is 162 Å². The molecule has 0 aliphatic carbocycles. The van der Waals surface area contributed by atoms with Crippen LogP contribution >= 0.6 is 0 Å². The van der Waals surface area contributed by atoms with Gasteiger partial charge in [-0.25, -0.2) is 8.42 Å².